The van der Waals surface area contributed by atoms with E-state index >= 15 is 0 Å². The fraction of sp³-hybridized carbons (Fsp3) is 0. The van der Waals surface area contributed by atoms with Gasteiger partial charge in [0.25, 0.3) is 0 Å². The summed E-state index contributed by atoms with van der Waals surface area (Å²) in [6, 6.07) is 11.1. The quantitative estimate of drug-likeness (QED) is 0.723. The Morgan fingerprint density at radius 3 is 2.33 bits per heavy atom. The number of fused-ring (bicyclic) bond motifs is 1. The van der Waals surface area contributed by atoms with Gasteiger partial charge in [-0.3, -0.25) is 0 Å². The van der Waals surface area contributed by atoms with Gasteiger partial charge in [-0.15, -0.1) is 0 Å². The van der Waals surface area contributed by atoms with Gasteiger partial charge < -0.3 is 5.11 Å². The van der Waals surface area contributed by atoms with Crippen molar-refractivity contribution < 1.29 is 9.90 Å². The van der Waals surface area contributed by atoms with Crippen LogP contribution in [0.2, 0.25) is 0 Å². The zero-order chi connectivity index (χ0) is 10.1. The molecule has 0 heterocycles. The first-order valence-corrected chi connectivity index (χ1v) is 5.18. The second-order valence-corrected chi connectivity index (χ2v) is 4.11. The molecule has 0 aliphatic heterocycles. The zero-order valence-corrected chi connectivity index (χ0v) is 9.36. The van der Waals surface area contributed by atoms with E-state index in [4.69, 9.17) is 5.11 Å². The topological polar surface area (TPSA) is 37.3 Å². The Hall–Kier alpha value is -0.230. The van der Waals surface area contributed by atoms with E-state index in [2.05, 4.69) is 22.6 Å². The van der Waals surface area contributed by atoms with Crippen LogP contribution in [0.4, 0.5) is 0 Å². The van der Waals surface area contributed by atoms with Crippen molar-refractivity contribution in [2.45, 2.75) is 0 Å². The summed E-state index contributed by atoms with van der Waals surface area (Å²) < 4.78 is 0.970. The summed E-state index contributed by atoms with van der Waals surface area (Å²) in [4.78, 5) is 11.0. The van der Waals surface area contributed by atoms with Gasteiger partial charge in [0.2, 0.25) is 0 Å². The minimum atomic E-state index is -0.875. The SMILES string of the molecule is O=C(O)c1cccc2cccc(I)c12.[InH3]. The van der Waals surface area contributed by atoms with E-state index in [1.165, 1.54) is 0 Å². The minimum absolute atomic E-state index is 0. The van der Waals surface area contributed by atoms with Crippen molar-refractivity contribution >= 4 is 65.2 Å². The van der Waals surface area contributed by atoms with E-state index < -0.39 is 5.97 Å². The maximum absolute atomic E-state index is 11.0. The van der Waals surface area contributed by atoms with Gasteiger partial charge in [0.1, 0.15) is 0 Å². The molecule has 0 fully saturated rings. The number of carbonyl (C=O) groups is 1. The first-order valence-electron chi connectivity index (χ1n) is 4.10. The van der Waals surface area contributed by atoms with Gasteiger partial charge in [0.15, 0.2) is 0 Å². The molecular weight excluding hydrogens is 406 g/mol. The van der Waals surface area contributed by atoms with Gasteiger partial charge >= 0.3 is 31.8 Å². The molecule has 2 aromatic rings. The Morgan fingerprint density at radius 2 is 1.73 bits per heavy atom. The van der Waals surface area contributed by atoms with E-state index in [0.29, 0.717) is 5.56 Å². The van der Waals surface area contributed by atoms with Gasteiger partial charge in [-0.1, -0.05) is 24.3 Å². The van der Waals surface area contributed by atoms with Crippen molar-refractivity contribution in [3.8, 4) is 0 Å². The van der Waals surface area contributed by atoms with Crippen molar-refractivity contribution in [1.82, 2.24) is 0 Å². The summed E-state index contributed by atoms with van der Waals surface area (Å²) >= 11 is 2.15. The Labute approximate surface area is 120 Å². The Bertz CT molecular complexity index is 506. The molecule has 15 heavy (non-hydrogen) atoms. The number of carboxylic acid groups (broad SMARTS) is 1. The van der Waals surface area contributed by atoms with Crippen LogP contribution in [0.1, 0.15) is 10.4 Å². The fourth-order valence-corrected chi connectivity index (χ4v) is 2.28. The third-order valence-electron chi connectivity index (χ3n) is 2.08. The molecule has 0 aliphatic carbocycles. The summed E-state index contributed by atoms with van der Waals surface area (Å²) in [6.07, 6.45) is 0. The molecule has 0 aromatic heterocycles. The van der Waals surface area contributed by atoms with Crippen LogP contribution < -0.4 is 0 Å². The van der Waals surface area contributed by atoms with E-state index in [-0.39, 0.29) is 25.8 Å². The summed E-state index contributed by atoms with van der Waals surface area (Å²) in [5.74, 6) is -0.875. The second kappa shape index (κ2) is 5.21. The summed E-state index contributed by atoms with van der Waals surface area (Å²) in [6.45, 7) is 0. The van der Waals surface area contributed by atoms with Crippen LogP contribution in [0.3, 0.4) is 0 Å². The first-order chi connectivity index (χ1) is 6.70. The van der Waals surface area contributed by atoms with Crippen LogP contribution in [-0.2, 0) is 0 Å². The van der Waals surface area contributed by atoms with E-state index in [9.17, 15) is 4.79 Å². The number of carboxylic acids is 1. The molecule has 0 spiro atoms. The zero-order valence-electron chi connectivity index (χ0n) is 7.20. The molecule has 4 heteroatoms. The average molecular weight is 416 g/mol. The number of aromatic carboxylic acids is 1. The standard InChI is InChI=1S/C11H7IO2.In.3H/c12-9-6-2-4-7-3-1-5-8(10(7)9)11(13)14;;;;/h1-6H,(H,13,14);;;;. The van der Waals surface area contributed by atoms with Gasteiger partial charge in [-0.05, 0) is 40.1 Å². The van der Waals surface area contributed by atoms with E-state index in [0.717, 1.165) is 14.3 Å². The Kier molecular flexibility index (Phi) is 4.46. The van der Waals surface area contributed by atoms with Crippen molar-refractivity contribution in [2.75, 3.05) is 0 Å². The predicted octanol–water partition coefficient (Wildman–Crippen LogP) is 1.96. The molecule has 2 aromatic carbocycles. The Balaban J connectivity index is 0.00000112. The molecule has 0 amide bonds. The van der Waals surface area contributed by atoms with Crippen LogP contribution in [0.15, 0.2) is 36.4 Å². The van der Waals surface area contributed by atoms with Gasteiger partial charge in [0, 0.05) is 8.96 Å². The summed E-state index contributed by atoms with van der Waals surface area (Å²) in [5.41, 5.74) is 0.368. The molecule has 0 atom stereocenters. The van der Waals surface area contributed by atoms with Crippen molar-refractivity contribution in [2.24, 2.45) is 0 Å². The van der Waals surface area contributed by atoms with E-state index in [1.807, 2.05) is 24.3 Å². The molecule has 0 saturated heterocycles. The fourth-order valence-electron chi connectivity index (χ4n) is 1.47. The average Bonchev–Trinajstić information content (AvgIpc) is 2.17. The molecule has 2 nitrogen and oxygen atoms in total. The molecule has 1 N–H and O–H groups in total. The van der Waals surface area contributed by atoms with E-state index in [1.54, 1.807) is 12.1 Å². The normalized spacial score (nSPS) is 9.67. The molecular formula is C11H10IInO2. The molecule has 76 valence electrons. The monoisotopic (exact) mass is 416 g/mol. The van der Waals surface area contributed by atoms with Gasteiger partial charge in [-0.2, -0.15) is 0 Å². The molecule has 0 bridgehead atoms. The van der Waals surface area contributed by atoms with Crippen molar-refractivity contribution in [1.29, 1.82) is 0 Å². The molecule has 0 aliphatic rings. The first kappa shape index (κ1) is 12.8. The molecule has 0 saturated carbocycles. The van der Waals surface area contributed by atoms with Crippen LogP contribution in [-0.4, -0.2) is 36.9 Å². The molecule has 2 rings (SSSR count). The third-order valence-corrected chi connectivity index (χ3v) is 2.98. The van der Waals surface area contributed by atoms with Gasteiger partial charge in [-0.25, -0.2) is 4.79 Å². The van der Waals surface area contributed by atoms with Crippen molar-refractivity contribution in [3.63, 3.8) is 0 Å². The van der Waals surface area contributed by atoms with Crippen LogP contribution in [0.5, 0.6) is 0 Å². The molecule has 0 unspecified atom stereocenters. The summed E-state index contributed by atoms with van der Waals surface area (Å²) in [5, 5.41) is 10.8. The molecule has 0 radical (unpaired) electrons. The van der Waals surface area contributed by atoms with Crippen LogP contribution in [0, 0.1) is 3.57 Å². The predicted molar refractivity (Wildman–Crippen MR) is 73.6 cm³/mol. The number of halogens is 1. The van der Waals surface area contributed by atoms with Crippen LogP contribution in [0.25, 0.3) is 10.8 Å². The number of hydrogen-bond acceptors (Lipinski definition) is 1. The summed E-state index contributed by atoms with van der Waals surface area (Å²) in [7, 11) is 0. The maximum atomic E-state index is 11.0. The van der Waals surface area contributed by atoms with Gasteiger partial charge in [0.05, 0.1) is 5.56 Å². The third kappa shape index (κ3) is 2.47. The number of hydrogen-bond donors (Lipinski definition) is 1. The second-order valence-electron chi connectivity index (χ2n) is 2.95. The number of benzene rings is 2. The Morgan fingerprint density at radius 1 is 1.13 bits per heavy atom. The number of rotatable bonds is 1. The van der Waals surface area contributed by atoms with Crippen LogP contribution >= 0.6 is 22.6 Å². The van der Waals surface area contributed by atoms with Crippen molar-refractivity contribution in [3.05, 3.63) is 45.5 Å².